The van der Waals surface area contributed by atoms with Crippen molar-refractivity contribution in [2.75, 3.05) is 19.7 Å². The van der Waals surface area contributed by atoms with Crippen molar-refractivity contribution >= 4 is 6.09 Å². The number of hydrogen-bond donors (Lipinski definition) is 0. The van der Waals surface area contributed by atoms with Crippen LogP contribution in [0.1, 0.15) is 24.0 Å². The molecule has 2 rings (SSSR count). The summed E-state index contributed by atoms with van der Waals surface area (Å²) in [4.78, 5) is 16.2. The summed E-state index contributed by atoms with van der Waals surface area (Å²) in [7, 11) is 0. The van der Waals surface area contributed by atoms with Crippen LogP contribution in [0.25, 0.3) is 10.4 Å². The minimum Gasteiger partial charge on any atom is -0.490 e. The van der Waals surface area contributed by atoms with Crippen LogP contribution in [0, 0.1) is 13.8 Å². The summed E-state index contributed by atoms with van der Waals surface area (Å²) < 4.78 is 11.1. The van der Waals surface area contributed by atoms with Gasteiger partial charge in [-0.05, 0) is 55.5 Å². The molecule has 0 spiro atoms. The Labute approximate surface area is 141 Å². The molecule has 7 heteroatoms. The molecule has 1 saturated heterocycles. The summed E-state index contributed by atoms with van der Waals surface area (Å²) in [6.45, 7) is 9.04. The summed E-state index contributed by atoms with van der Waals surface area (Å²) in [5.41, 5.74) is 11.1. The number of hydrogen-bond acceptors (Lipinski definition) is 4. The Kier molecular flexibility index (Phi) is 6.09. The third-order valence-corrected chi connectivity index (χ3v) is 3.66. The zero-order chi connectivity index (χ0) is 17.5. The lowest BCUT2D eigenvalue weighted by molar-refractivity contribution is 0.103. The Bertz CT molecular complexity index is 648. The van der Waals surface area contributed by atoms with Gasteiger partial charge in [-0.1, -0.05) is 17.8 Å². The van der Waals surface area contributed by atoms with E-state index in [1.54, 1.807) is 4.90 Å². The molecule has 0 aliphatic carbocycles. The van der Waals surface area contributed by atoms with Gasteiger partial charge in [-0.2, -0.15) is 0 Å². The minimum absolute atomic E-state index is 0.279. The number of nitrogens with zero attached hydrogens (tertiary/aromatic N) is 4. The highest BCUT2D eigenvalue weighted by molar-refractivity contribution is 5.69. The first-order chi connectivity index (χ1) is 11.5. The molecule has 1 aliphatic heterocycles. The van der Waals surface area contributed by atoms with Gasteiger partial charge in [0, 0.05) is 17.2 Å². The van der Waals surface area contributed by atoms with Crippen LogP contribution in [0.4, 0.5) is 4.79 Å². The molecule has 0 bridgehead atoms. The maximum atomic E-state index is 11.8. The van der Waals surface area contributed by atoms with Crippen molar-refractivity contribution in [1.82, 2.24) is 4.90 Å². The van der Waals surface area contributed by atoms with Crippen molar-refractivity contribution in [2.24, 2.45) is 5.11 Å². The van der Waals surface area contributed by atoms with Crippen LogP contribution in [0.5, 0.6) is 5.75 Å². The lowest BCUT2D eigenvalue weighted by Crippen LogP contribution is -2.27. The van der Waals surface area contributed by atoms with E-state index in [9.17, 15) is 4.79 Å². The predicted molar refractivity (Wildman–Crippen MR) is 90.8 cm³/mol. The maximum Gasteiger partial charge on any atom is 0.410 e. The van der Waals surface area contributed by atoms with Crippen LogP contribution in [0.3, 0.4) is 0 Å². The Morgan fingerprint density at radius 1 is 1.46 bits per heavy atom. The topological polar surface area (TPSA) is 87.5 Å². The van der Waals surface area contributed by atoms with E-state index >= 15 is 0 Å². The third-order valence-electron chi connectivity index (χ3n) is 3.66. The van der Waals surface area contributed by atoms with E-state index in [1.165, 1.54) is 0 Å². The summed E-state index contributed by atoms with van der Waals surface area (Å²) in [5.74, 6) is 0.785. The van der Waals surface area contributed by atoms with E-state index in [1.807, 2.05) is 26.0 Å². The highest BCUT2D eigenvalue weighted by Crippen LogP contribution is 2.19. The number of carbonyl (C=O) groups excluding carboxylic acids is 1. The number of carbonyl (C=O) groups is 1. The SMILES string of the molecule is C=C(CCCN1CC(COc2cc(C)cc(C)c2)OC1=O)N=[N+]=[N-]. The Balaban J connectivity index is 1.77. The fraction of sp³-hybridized carbons (Fsp3) is 0.471. The van der Waals surface area contributed by atoms with Crippen molar-refractivity contribution in [1.29, 1.82) is 0 Å². The van der Waals surface area contributed by atoms with Gasteiger partial charge >= 0.3 is 6.09 Å². The summed E-state index contributed by atoms with van der Waals surface area (Å²) >= 11 is 0. The average Bonchev–Trinajstić information content (AvgIpc) is 2.85. The lowest BCUT2D eigenvalue weighted by Gasteiger charge is -2.13. The Hall–Kier alpha value is -2.66. The quantitative estimate of drug-likeness (QED) is 0.408. The molecule has 1 fully saturated rings. The molecule has 1 aromatic carbocycles. The number of ether oxygens (including phenoxy) is 2. The fourth-order valence-corrected chi connectivity index (χ4v) is 2.64. The summed E-state index contributed by atoms with van der Waals surface area (Å²) in [5, 5.41) is 3.43. The number of allylic oxidation sites excluding steroid dienone is 1. The number of rotatable bonds is 8. The van der Waals surface area contributed by atoms with Gasteiger partial charge in [0.1, 0.15) is 12.4 Å². The summed E-state index contributed by atoms with van der Waals surface area (Å²) in [6, 6.07) is 6.00. The van der Waals surface area contributed by atoms with Crippen LogP contribution in [-0.4, -0.2) is 36.8 Å². The second-order valence-electron chi connectivity index (χ2n) is 5.95. The van der Waals surface area contributed by atoms with Crippen LogP contribution in [-0.2, 0) is 4.74 Å². The molecule has 1 aromatic rings. The van der Waals surface area contributed by atoms with Crippen molar-refractivity contribution < 1.29 is 14.3 Å². The van der Waals surface area contributed by atoms with Crippen LogP contribution < -0.4 is 4.74 Å². The first kappa shape index (κ1) is 17.7. The van der Waals surface area contributed by atoms with E-state index < -0.39 is 0 Å². The molecule has 1 aliphatic rings. The van der Waals surface area contributed by atoms with Gasteiger partial charge in [0.2, 0.25) is 0 Å². The van der Waals surface area contributed by atoms with Crippen LogP contribution in [0.2, 0.25) is 0 Å². The molecule has 0 saturated carbocycles. The normalized spacial score (nSPS) is 16.5. The standard InChI is InChI=1S/C17H22N4O3/c1-12-7-13(2)9-15(8-12)23-11-16-10-21(17(22)24-16)6-4-5-14(3)19-20-18/h7-9,16H,3-6,10-11H2,1-2H3. The molecule has 0 aromatic heterocycles. The van der Waals surface area contributed by atoms with Gasteiger partial charge in [0.25, 0.3) is 0 Å². The molecular formula is C17H22N4O3. The fourth-order valence-electron chi connectivity index (χ4n) is 2.64. The van der Waals surface area contributed by atoms with E-state index in [-0.39, 0.29) is 12.2 Å². The summed E-state index contributed by atoms with van der Waals surface area (Å²) in [6.07, 6.45) is 0.618. The van der Waals surface area contributed by atoms with E-state index in [4.69, 9.17) is 15.0 Å². The highest BCUT2D eigenvalue weighted by Gasteiger charge is 2.31. The number of aryl methyl sites for hydroxylation is 2. The van der Waals surface area contributed by atoms with Gasteiger partial charge in [-0.15, -0.1) is 0 Å². The zero-order valence-electron chi connectivity index (χ0n) is 14.1. The van der Waals surface area contributed by atoms with Gasteiger partial charge in [0.05, 0.1) is 6.54 Å². The molecule has 1 amide bonds. The first-order valence-electron chi connectivity index (χ1n) is 7.87. The van der Waals surface area contributed by atoms with Gasteiger partial charge in [0.15, 0.2) is 6.10 Å². The van der Waals surface area contributed by atoms with Crippen LogP contribution in [0.15, 0.2) is 35.6 Å². The molecule has 1 atom stereocenters. The van der Waals surface area contributed by atoms with E-state index in [0.29, 0.717) is 38.2 Å². The lowest BCUT2D eigenvalue weighted by atomic mass is 10.1. The van der Waals surface area contributed by atoms with Gasteiger partial charge in [-0.3, -0.25) is 0 Å². The smallest absolute Gasteiger partial charge is 0.410 e. The highest BCUT2D eigenvalue weighted by atomic mass is 16.6. The van der Waals surface area contributed by atoms with E-state index in [0.717, 1.165) is 16.9 Å². The predicted octanol–water partition coefficient (Wildman–Crippen LogP) is 4.11. The third kappa shape index (κ3) is 5.21. The second kappa shape index (κ2) is 8.26. The zero-order valence-corrected chi connectivity index (χ0v) is 14.1. The number of benzene rings is 1. The monoisotopic (exact) mass is 330 g/mol. The Morgan fingerprint density at radius 3 is 2.83 bits per heavy atom. The minimum atomic E-state index is -0.335. The van der Waals surface area contributed by atoms with Crippen LogP contribution >= 0.6 is 0 Å². The van der Waals surface area contributed by atoms with Crippen molar-refractivity contribution in [2.45, 2.75) is 32.8 Å². The molecular weight excluding hydrogens is 308 g/mol. The maximum absolute atomic E-state index is 11.8. The molecule has 24 heavy (non-hydrogen) atoms. The molecule has 7 nitrogen and oxygen atoms in total. The first-order valence-corrected chi connectivity index (χ1v) is 7.87. The largest absolute Gasteiger partial charge is 0.490 e. The second-order valence-corrected chi connectivity index (χ2v) is 5.95. The van der Waals surface area contributed by atoms with Gasteiger partial charge < -0.3 is 14.4 Å². The molecule has 128 valence electrons. The van der Waals surface area contributed by atoms with Crippen molar-refractivity contribution in [3.63, 3.8) is 0 Å². The van der Waals surface area contributed by atoms with Gasteiger partial charge in [-0.25, -0.2) is 4.79 Å². The number of azide groups is 1. The average molecular weight is 330 g/mol. The molecule has 1 unspecified atom stereocenters. The number of cyclic esters (lactones) is 1. The molecule has 0 radical (unpaired) electrons. The van der Waals surface area contributed by atoms with Crippen molar-refractivity contribution in [3.8, 4) is 5.75 Å². The Morgan fingerprint density at radius 2 is 2.17 bits per heavy atom. The molecule has 1 heterocycles. The van der Waals surface area contributed by atoms with E-state index in [2.05, 4.69) is 22.7 Å². The number of amides is 1. The molecule has 0 N–H and O–H groups in total. The van der Waals surface area contributed by atoms with Crippen molar-refractivity contribution in [3.05, 3.63) is 52.0 Å².